The van der Waals surface area contributed by atoms with E-state index < -0.39 is 0 Å². The molecule has 0 bridgehead atoms. The molecule has 0 fully saturated rings. The van der Waals surface area contributed by atoms with E-state index in [9.17, 15) is 4.79 Å². The first-order valence-corrected chi connectivity index (χ1v) is 3.91. The van der Waals surface area contributed by atoms with Crippen LogP contribution >= 0.6 is 0 Å². The van der Waals surface area contributed by atoms with Crippen LogP contribution in [0.4, 0.5) is 0 Å². The quantitative estimate of drug-likeness (QED) is 0.663. The molecule has 0 atom stereocenters. The van der Waals surface area contributed by atoms with E-state index in [0.29, 0.717) is 0 Å². The third-order valence-electron chi connectivity index (χ3n) is 1.61. The van der Waals surface area contributed by atoms with Gasteiger partial charge in [-0.25, -0.2) is 4.79 Å². The largest absolute Gasteiger partial charge is 0.431 e. The molecule has 0 aromatic carbocycles. The van der Waals surface area contributed by atoms with Crippen LogP contribution in [0.2, 0.25) is 0 Å². The van der Waals surface area contributed by atoms with Gasteiger partial charge in [-0.15, -0.1) is 0 Å². The Balaban J connectivity index is 2.70. The fourth-order valence-electron chi connectivity index (χ4n) is 0.953. The molecule has 0 aliphatic rings. The predicted octanol–water partition coefficient (Wildman–Crippen LogP) is 1.98. The van der Waals surface area contributed by atoms with Gasteiger partial charge in [-0.05, 0) is 25.0 Å². The van der Waals surface area contributed by atoms with Crippen molar-refractivity contribution in [1.82, 2.24) is 0 Å². The van der Waals surface area contributed by atoms with Gasteiger partial charge >= 0.3 is 5.63 Å². The minimum absolute atomic E-state index is 0.194. The minimum Gasteiger partial charge on any atom is -0.431 e. The smallest absolute Gasteiger partial charge is 0.338 e. The summed E-state index contributed by atoms with van der Waals surface area (Å²) in [7, 11) is 0. The molecule has 2 nitrogen and oxygen atoms in total. The van der Waals surface area contributed by atoms with Crippen molar-refractivity contribution in [2.45, 2.75) is 26.2 Å². The van der Waals surface area contributed by atoms with Crippen LogP contribution in [-0.2, 0) is 6.42 Å². The molecule has 0 saturated heterocycles. The van der Waals surface area contributed by atoms with Crippen LogP contribution in [0.5, 0.6) is 0 Å². The summed E-state index contributed by atoms with van der Waals surface area (Å²) in [6.07, 6.45) is 4.40. The van der Waals surface area contributed by atoms with Gasteiger partial charge in [0.25, 0.3) is 0 Å². The molecule has 11 heavy (non-hydrogen) atoms. The van der Waals surface area contributed by atoms with Crippen LogP contribution in [0, 0.1) is 0 Å². The zero-order valence-electron chi connectivity index (χ0n) is 6.67. The molecule has 0 N–H and O–H groups in total. The summed E-state index contributed by atoms with van der Waals surface area (Å²) in [6, 6.07) is 3.58. The van der Waals surface area contributed by atoms with Gasteiger partial charge in [0.2, 0.25) is 0 Å². The van der Waals surface area contributed by atoms with Crippen molar-refractivity contribution in [2.24, 2.45) is 0 Å². The van der Waals surface area contributed by atoms with E-state index in [-0.39, 0.29) is 5.63 Å². The van der Waals surface area contributed by atoms with Crippen molar-refractivity contribution >= 4 is 0 Å². The van der Waals surface area contributed by atoms with Crippen LogP contribution in [0.15, 0.2) is 27.6 Å². The first-order valence-electron chi connectivity index (χ1n) is 3.91. The molecule has 0 aliphatic carbocycles. The van der Waals surface area contributed by atoms with Gasteiger partial charge in [0.05, 0.1) is 6.26 Å². The molecule has 0 aliphatic heterocycles. The standard InChI is InChI=1S/C9H12O2/c1-2-3-5-8-6-4-7-11-9(8)10/h4,6-7H,2-3,5H2,1H3. The van der Waals surface area contributed by atoms with Crippen molar-refractivity contribution in [3.05, 3.63) is 34.4 Å². The number of hydrogen-bond donors (Lipinski definition) is 0. The highest BCUT2D eigenvalue weighted by molar-refractivity contribution is 5.06. The van der Waals surface area contributed by atoms with E-state index in [4.69, 9.17) is 4.42 Å². The predicted molar refractivity (Wildman–Crippen MR) is 43.6 cm³/mol. The Bertz CT molecular complexity index is 262. The number of unbranched alkanes of at least 4 members (excludes halogenated alkanes) is 1. The number of hydrogen-bond acceptors (Lipinski definition) is 2. The van der Waals surface area contributed by atoms with Crippen LogP contribution in [0.3, 0.4) is 0 Å². The molecule has 2 heteroatoms. The summed E-state index contributed by atoms with van der Waals surface area (Å²) in [5.41, 5.74) is 0.593. The lowest BCUT2D eigenvalue weighted by atomic mass is 10.1. The Morgan fingerprint density at radius 2 is 2.36 bits per heavy atom. The van der Waals surface area contributed by atoms with E-state index in [2.05, 4.69) is 6.92 Å². The van der Waals surface area contributed by atoms with E-state index in [1.54, 1.807) is 6.07 Å². The van der Waals surface area contributed by atoms with Gasteiger partial charge in [0.15, 0.2) is 0 Å². The molecule has 0 saturated carbocycles. The summed E-state index contributed by atoms with van der Waals surface area (Å²) < 4.78 is 4.70. The maximum Gasteiger partial charge on any atom is 0.338 e. The molecule has 1 aromatic rings. The monoisotopic (exact) mass is 152 g/mol. The third-order valence-corrected chi connectivity index (χ3v) is 1.61. The van der Waals surface area contributed by atoms with Crippen molar-refractivity contribution in [2.75, 3.05) is 0 Å². The summed E-state index contributed by atoms with van der Waals surface area (Å²) in [4.78, 5) is 11.0. The van der Waals surface area contributed by atoms with Crippen molar-refractivity contribution in [3.8, 4) is 0 Å². The first kappa shape index (κ1) is 8.05. The minimum atomic E-state index is -0.194. The van der Waals surface area contributed by atoms with Gasteiger partial charge in [-0.1, -0.05) is 13.3 Å². The molecule has 60 valence electrons. The molecule has 1 heterocycles. The summed E-state index contributed by atoms with van der Waals surface area (Å²) in [6.45, 7) is 2.10. The zero-order chi connectivity index (χ0) is 8.10. The lowest BCUT2D eigenvalue weighted by Crippen LogP contribution is -2.05. The van der Waals surface area contributed by atoms with E-state index >= 15 is 0 Å². The lowest BCUT2D eigenvalue weighted by Gasteiger charge is -1.94. The molecule has 0 radical (unpaired) electrons. The Hall–Kier alpha value is -1.05. The van der Waals surface area contributed by atoms with Crippen molar-refractivity contribution in [1.29, 1.82) is 0 Å². The number of aryl methyl sites for hydroxylation is 1. The van der Waals surface area contributed by atoms with Crippen molar-refractivity contribution < 1.29 is 4.42 Å². The second-order valence-electron chi connectivity index (χ2n) is 2.53. The fraction of sp³-hybridized carbons (Fsp3) is 0.444. The molecular weight excluding hydrogens is 140 g/mol. The molecule has 0 spiro atoms. The Labute approximate surface area is 65.9 Å². The van der Waals surface area contributed by atoms with Crippen molar-refractivity contribution in [3.63, 3.8) is 0 Å². The second-order valence-corrected chi connectivity index (χ2v) is 2.53. The second kappa shape index (κ2) is 3.96. The van der Waals surface area contributed by atoms with E-state index in [1.165, 1.54) is 6.26 Å². The molecule has 0 amide bonds. The Kier molecular flexibility index (Phi) is 2.90. The Morgan fingerprint density at radius 3 is 3.00 bits per heavy atom. The maximum atomic E-state index is 11.0. The topological polar surface area (TPSA) is 30.2 Å². The molecule has 1 aromatic heterocycles. The average Bonchev–Trinajstić information content (AvgIpc) is 2.03. The summed E-state index contributed by atoms with van der Waals surface area (Å²) in [5.74, 6) is 0. The fourth-order valence-corrected chi connectivity index (χ4v) is 0.953. The maximum absolute atomic E-state index is 11.0. The van der Waals surface area contributed by atoms with E-state index in [0.717, 1.165) is 24.8 Å². The first-order chi connectivity index (χ1) is 5.34. The molecule has 0 unspecified atom stereocenters. The van der Waals surface area contributed by atoms with Gasteiger partial charge in [-0.3, -0.25) is 0 Å². The van der Waals surface area contributed by atoms with Crippen LogP contribution in [0.25, 0.3) is 0 Å². The highest BCUT2D eigenvalue weighted by Gasteiger charge is 1.97. The number of rotatable bonds is 3. The highest BCUT2D eigenvalue weighted by Crippen LogP contribution is 1.98. The SMILES string of the molecule is CCCCc1cccoc1=O. The third kappa shape index (κ3) is 2.22. The van der Waals surface area contributed by atoms with Crippen LogP contribution in [0.1, 0.15) is 25.3 Å². The van der Waals surface area contributed by atoms with Crippen LogP contribution in [-0.4, -0.2) is 0 Å². The highest BCUT2D eigenvalue weighted by atomic mass is 16.4. The van der Waals surface area contributed by atoms with Gasteiger partial charge < -0.3 is 4.42 Å². The van der Waals surface area contributed by atoms with Gasteiger partial charge in [-0.2, -0.15) is 0 Å². The lowest BCUT2D eigenvalue weighted by molar-refractivity contribution is 0.499. The Morgan fingerprint density at radius 1 is 1.55 bits per heavy atom. The van der Waals surface area contributed by atoms with Gasteiger partial charge in [0, 0.05) is 5.56 Å². The van der Waals surface area contributed by atoms with E-state index in [1.807, 2.05) is 6.07 Å². The molecular formula is C9H12O2. The van der Waals surface area contributed by atoms with Gasteiger partial charge in [0.1, 0.15) is 0 Å². The molecule has 1 rings (SSSR count). The summed E-state index contributed by atoms with van der Waals surface area (Å²) in [5, 5.41) is 0. The zero-order valence-corrected chi connectivity index (χ0v) is 6.67. The summed E-state index contributed by atoms with van der Waals surface area (Å²) >= 11 is 0. The average molecular weight is 152 g/mol. The van der Waals surface area contributed by atoms with Crippen LogP contribution < -0.4 is 5.63 Å². The normalized spacial score (nSPS) is 9.91.